The standard InChI is InChI=1S/C17H18ClN3O3S/c1-19-6-8-20(9-7-19)15(22)11-21-16(23)14(25-17(21)24)10-12-2-4-13(18)5-3-12/h2-5,10H,6-9,11H2,1H3/p+1. The lowest BCUT2D eigenvalue weighted by Crippen LogP contribution is -3.12. The van der Waals surface area contributed by atoms with Gasteiger partial charge in [0.25, 0.3) is 11.1 Å². The quantitative estimate of drug-likeness (QED) is 0.785. The molecule has 132 valence electrons. The second-order valence-electron chi connectivity index (χ2n) is 6.16. The Morgan fingerprint density at radius 1 is 1.24 bits per heavy atom. The predicted octanol–water partition coefficient (Wildman–Crippen LogP) is 0.733. The number of carbonyl (C=O) groups excluding carboxylic acids is 3. The van der Waals surface area contributed by atoms with Gasteiger partial charge in [0.1, 0.15) is 6.54 Å². The first-order valence-electron chi connectivity index (χ1n) is 8.04. The first-order valence-corrected chi connectivity index (χ1v) is 9.23. The first-order chi connectivity index (χ1) is 11.9. The van der Waals surface area contributed by atoms with E-state index in [1.807, 2.05) is 0 Å². The van der Waals surface area contributed by atoms with Crippen molar-refractivity contribution in [1.29, 1.82) is 0 Å². The van der Waals surface area contributed by atoms with E-state index < -0.39 is 11.1 Å². The number of likely N-dealkylation sites (N-methyl/N-ethyl adjacent to an activating group) is 1. The minimum atomic E-state index is -0.418. The summed E-state index contributed by atoms with van der Waals surface area (Å²) in [5, 5.41) is 0.197. The van der Waals surface area contributed by atoms with Gasteiger partial charge in [0.2, 0.25) is 5.91 Å². The number of nitrogens with one attached hydrogen (secondary N) is 1. The summed E-state index contributed by atoms with van der Waals surface area (Å²) in [6.07, 6.45) is 1.64. The monoisotopic (exact) mass is 380 g/mol. The zero-order chi connectivity index (χ0) is 18.0. The van der Waals surface area contributed by atoms with Gasteiger partial charge in [-0.2, -0.15) is 0 Å². The van der Waals surface area contributed by atoms with Crippen LogP contribution in [0.3, 0.4) is 0 Å². The number of thioether (sulfide) groups is 1. The Morgan fingerprint density at radius 3 is 2.52 bits per heavy atom. The van der Waals surface area contributed by atoms with Gasteiger partial charge < -0.3 is 9.80 Å². The Bertz CT molecular complexity index is 727. The van der Waals surface area contributed by atoms with E-state index in [0.717, 1.165) is 35.3 Å². The van der Waals surface area contributed by atoms with Crippen LogP contribution in [0.15, 0.2) is 29.2 Å². The Morgan fingerprint density at radius 2 is 1.88 bits per heavy atom. The topological polar surface area (TPSA) is 62.1 Å². The fraction of sp³-hybridized carbons (Fsp3) is 0.353. The Balaban J connectivity index is 1.67. The first kappa shape index (κ1) is 18.0. The van der Waals surface area contributed by atoms with Crippen LogP contribution in [0.2, 0.25) is 5.02 Å². The van der Waals surface area contributed by atoms with Gasteiger partial charge in [0.05, 0.1) is 38.1 Å². The number of piperazine rings is 1. The van der Waals surface area contributed by atoms with Crippen molar-refractivity contribution in [3.8, 4) is 0 Å². The Hall–Kier alpha value is -1.83. The van der Waals surface area contributed by atoms with Crippen LogP contribution in [0.1, 0.15) is 5.56 Å². The van der Waals surface area contributed by atoms with Crippen LogP contribution in [0.25, 0.3) is 6.08 Å². The van der Waals surface area contributed by atoms with Gasteiger partial charge in [0.15, 0.2) is 0 Å². The molecule has 0 aromatic heterocycles. The van der Waals surface area contributed by atoms with Gasteiger partial charge in [-0.1, -0.05) is 23.7 Å². The fourth-order valence-corrected chi connectivity index (χ4v) is 3.68. The predicted molar refractivity (Wildman–Crippen MR) is 97.3 cm³/mol. The summed E-state index contributed by atoms with van der Waals surface area (Å²) in [6, 6.07) is 6.98. The number of hydrogen-bond donors (Lipinski definition) is 1. The van der Waals surface area contributed by atoms with E-state index in [1.54, 1.807) is 35.2 Å². The molecular formula is C17H19ClN3O3S+. The molecule has 0 unspecified atom stereocenters. The van der Waals surface area contributed by atoms with Crippen molar-refractivity contribution in [1.82, 2.24) is 9.80 Å². The van der Waals surface area contributed by atoms with Crippen molar-refractivity contribution in [3.05, 3.63) is 39.8 Å². The molecule has 2 aliphatic heterocycles. The van der Waals surface area contributed by atoms with Crippen LogP contribution in [-0.4, -0.2) is 66.6 Å². The molecule has 0 radical (unpaired) electrons. The molecule has 2 saturated heterocycles. The molecule has 8 heteroatoms. The third-order valence-electron chi connectivity index (χ3n) is 4.30. The third-order valence-corrected chi connectivity index (χ3v) is 5.46. The van der Waals surface area contributed by atoms with Crippen LogP contribution in [-0.2, 0) is 9.59 Å². The summed E-state index contributed by atoms with van der Waals surface area (Å²) < 4.78 is 0. The van der Waals surface area contributed by atoms with E-state index in [-0.39, 0.29) is 12.5 Å². The molecule has 2 fully saturated rings. The van der Waals surface area contributed by atoms with Crippen LogP contribution >= 0.6 is 23.4 Å². The number of nitrogens with zero attached hydrogens (tertiary/aromatic N) is 2. The van der Waals surface area contributed by atoms with Gasteiger partial charge >= 0.3 is 0 Å². The van der Waals surface area contributed by atoms with Crippen molar-refractivity contribution in [2.45, 2.75) is 0 Å². The van der Waals surface area contributed by atoms with Crippen LogP contribution in [0, 0.1) is 0 Å². The van der Waals surface area contributed by atoms with Crippen molar-refractivity contribution in [2.75, 3.05) is 39.8 Å². The maximum Gasteiger partial charge on any atom is 0.294 e. The summed E-state index contributed by atoms with van der Waals surface area (Å²) in [6.45, 7) is 2.87. The van der Waals surface area contributed by atoms with Gasteiger partial charge in [-0.3, -0.25) is 19.3 Å². The van der Waals surface area contributed by atoms with Crippen molar-refractivity contribution < 1.29 is 19.3 Å². The molecule has 0 bridgehead atoms. The average Bonchev–Trinajstić information content (AvgIpc) is 2.85. The maximum absolute atomic E-state index is 12.5. The number of imide groups is 1. The number of halogens is 1. The van der Waals surface area contributed by atoms with E-state index in [9.17, 15) is 14.4 Å². The molecule has 6 nitrogen and oxygen atoms in total. The van der Waals surface area contributed by atoms with E-state index >= 15 is 0 Å². The van der Waals surface area contributed by atoms with Crippen molar-refractivity contribution >= 4 is 46.5 Å². The Kier molecular flexibility index (Phi) is 5.46. The zero-order valence-electron chi connectivity index (χ0n) is 13.8. The molecule has 3 rings (SSSR count). The van der Waals surface area contributed by atoms with Crippen LogP contribution < -0.4 is 4.90 Å². The summed E-state index contributed by atoms with van der Waals surface area (Å²) in [5.74, 6) is -0.597. The molecule has 1 aromatic rings. The number of amides is 3. The molecule has 1 aromatic carbocycles. The third kappa shape index (κ3) is 4.23. The van der Waals surface area contributed by atoms with E-state index in [0.29, 0.717) is 23.0 Å². The number of rotatable bonds is 3. The Labute approximate surface area is 155 Å². The molecule has 25 heavy (non-hydrogen) atoms. The zero-order valence-corrected chi connectivity index (χ0v) is 15.4. The average molecular weight is 381 g/mol. The highest BCUT2D eigenvalue weighted by Gasteiger charge is 2.37. The SMILES string of the molecule is C[NH+]1CCN(C(=O)CN2C(=O)SC(=Cc3ccc(Cl)cc3)C2=O)CC1. The van der Waals surface area contributed by atoms with E-state index in [1.165, 1.54) is 4.90 Å². The van der Waals surface area contributed by atoms with E-state index in [2.05, 4.69) is 7.05 Å². The molecular weight excluding hydrogens is 362 g/mol. The summed E-state index contributed by atoms with van der Waals surface area (Å²) >= 11 is 6.71. The van der Waals surface area contributed by atoms with Gasteiger partial charge in [-0.25, -0.2) is 0 Å². The second kappa shape index (κ2) is 7.59. The van der Waals surface area contributed by atoms with E-state index in [4.69, 9.17) is 11.6 Å². The largest absolute Gasteiger partial charge is 0.334 e. The molecule has 1 N–H and O–H groups in total. The number of benzene rings is 1. The lowest BCUT2D eigenvalue weighted by Gasteiger charge is -2.30. The molecule has 2 heterocycles. The highest BCUT2D eigenvalue weighted by atomic mass is 35.5. The molecule has 0 saturated carbocycles. The fourth-order valence-electron chi connectivity index (χ4n) is 2.72. The number of quaternary nitrogens is 1. The number of carbonyl (C=O) groups is 3. The van der Waals surface area contributed by atoms with Gasteiger partial charge in [0, 0.05) is 5.02 Å². The minimum absolute atomic E-state index is 0.178. The van der Waals surface area contributed by atoms with Gasteiger partial charge in [-0.15, -0.1) is 0 Å². The molecule has 2 aliphatic rings. The lowest BCUT2D eigenvalue weighted by atomic mass is 10.2. The lowest BCUT2D eigenvalue weighted by molar-refractivity contribution is -0.883. The summed E-state index contributed by atoms with van der Waals surface area (Å²) in [7, 11) is 2.08. The van der Waals surface area contributed by atoms with Crippen LogP contribution in [0.4, 0.5) is 4.79 Å². The van der Waals surface area contributed by atoms with Crippen molar-refractivity contribution in [3.63, 3.8) is 0 Å². The van der Waals surface area contributed by atoms with Crippen LogP contribution in [0.5, 0.6) is 0 Å². The highest BCUT2D eigenvalue weighted by Crippen LogP contribution is 2.32. The minimum Gasteiger partial charge on any atom is -0.334 e. The van der Waals surface area contributed by atoms with Gasteiger partial charge in [-0.05, 0) is 35.5 Å². The molecule has 0 spiro atoms. The highest BCUT2D eigenvalue weighted by molar-refractivity contribution is 8.18. The molecule has 3 amide bonds. The maximum atomic E-state index is 12.5. The smallest absolute Gasteiger partial charge is 0.294 e. The molecule has 0 aliphatic carbocycles. The second-order valence-corrected chi connectivity index (χ2v) is 7.59. The number of hydrogen-bond acceptors (Lipinski definition) is 4. The summed E-state index contributed by atoms with van der Waals surface area (Å²) in [5.41, 5.74) is 0.781. The normalized spacial score (nSPS) is 20.6. The molecule has 0 atom stereocenters. The van der Waals surface area contributed by atoms with Crippen molar-refractivity contribution in [2.24, 2.45) is 0 Å². The summed E-state index contributed by atoms with van der Waals surface area (Å²) in [4.78, 5) is 41.4.